The number of carbonyl (C=O) groups is 1. The molecule has 0 radical (unpaired) electrons. The summed E-state index contributed by atoms with van der Waals surface area (Å²) in [6.07, 6.45) is 5.84. The highest BCUT2D eigenvalue weighted by Crippen LogP contribution is 2.17. The van der Waals surface area contributed by atoms with Crippen molar-refractivity contribution >= 4 is 27.5 Å². The highest BCUT2D eigenvalue weighted by Gasteiger charge is 2.07. The Hall–Kier alpha value is -2.47. The summed E-state index contributed by atoms with van der Waals surface area (Å²) >= 11 is 3.22. The first-order valence-electron chi connectivity index (χ1n) is 7.44. The van der Waals surface area contributed by atoms with Gasteiger partial charge in [0, 0.05) is 34.7 Å². The largest absolute Gasteiger partial charge is 0.326 e. The van der Waals surface area contributed by atoms with Crippen molar-refractivity contribution in [3.05, 3.63) is 77.0 Å². The molecule has 1 amide bonds. The second kappa shape index (κ2) is 7.40. The number of hydrogen-bond donors (Lipinski definition) is 1. The van der Waals surface area contributed by atoms with Crippen LogP contribution in [-0.2, 0) is 11.2 Å². The van der Waals surface area contributed by atoms with E-state index in [9.17, 15) is 9.18 Å². The van der Waals surface area contributed by atoms with Crippen LogP contribution in [-0.4, -0.2) is 15.5 Å². The highest BCUT2D eigenvalue weighted by molar-refractivity contribution is 9.10. The SMILES string of the molecule is O=C(CCc1ccc(Br)cc1F)Nc1ccc(-n2ccnc2)cc1. The van der Waals surface area contributed by atoms with Crippen LogP contribution in [0, 0.1) is 5.82 Å². The monoisotopic (exact) mass is 387 g/mol. The van der Waals surface area contributed by atoms with E-state index in [-0.39, 0.29) is 18.1 Å². The fraction of sp³-hybridized carbons (Fsp3) is 0.111. The molecule has 0 saturated carbocycles. The summed E-state index contributed by atoms with van der Waals surface area (Å²) in [5.74, 6) is -0.449. The zero-order valence-electron chi connectivity index (χ0n) is 12.7. The first-order valence-corrected chi connectivity index (χ1v) is 8.23. The lowest BCUT2D eigenvalue weighted by Crippen LogP contribution is -2.12. The lowest BCUT2D eigenvalue weighted by Gasteiger charge is -2.08. The number of nitrogens with one attached hydrogen (secondary N) is 1. The third-order valence-electron chi connectivity index (χ3n) is 3.59. The number of anilines is 1. The van der Waals surface area contributed by atoms with Crippen molar-refractivity contribution in [2.45, 2.75) is 12.8 Å². The molecule has 1 aromatic heterocycles. The number of halogens is 2. The van der Waals surface area contributed by atoms with Crippen molar-refractivity contribution in [2.24, 2.45) is 0 Å². The molecule has 3 rings (SSSR count). The van der Waals surface area contributed by atoms with Crippen molar-refractivity contribution in [1.82, 2.24) is 9.55 Å². The van der Waals surface area contributed by atoms with E-state index in [0.717, 1.165) is 5.69 Å². The molecule has 0 bridgehead atoms. The molecule has 2 aromatic carbocycles. The molecule has 0 aliphatic rings. The average molecular weight is 388 g/mol. The lowest BCUT2D eigenvalue weighted by atomic mass is 10.1. The van der Waals surface area contributed by atoms with E-state index in [1.807, 2.05) is 35.0 Å². The maximum Gasteiger partial charge on any atom is 0.224 e. The van der Waals surface area contributed by atoms with Crippen molar-refractivity contribution < 1.29 is 9.18 Å². The Labute approximate surface area is 147 Å². The van der Waals surface area contributed by atoms with Gasteiger partial charge in [-0.15, -0.1) is 0 Å². The number of carbonyl (C=O) groups excluding carboxylic acids is 1. The minimum atomic E-state index is -0.304. The van der Waals surface area contributed by atoms with Crippen LogP contribution in [0.2, 0.25) is 0 Å². The molecule has 122 valence electrons. The van der Waals surface area contributed by atoms with Gasteiger partial charge in [0.1, 0.15) is 5.82 Å². The number of aryl methyl sites for hydroxylation is 1. The van der Waals surface area contributed by atoms with Crippen molar-refractivity contribution in [2.75, 3.05) is 5.32 Å². The molecule has 1 heterocycles. The van der Waals surface area contributed by atoms with Crippen LogP contribution in [0.1, 0.15) is 12.0 Å². The quantitative estimate of drug-likeness (QED) is 0.707. The summed E-state index contributed by atoms with van der Waals surface area (Å²) in [6, 6.07) is 12.3. The van der Waals surface area contributed by atoms with E-state index < -0.39 is 0 Å². The van der Waals surface area contributed by atoms with Crippen molar-refractivity contribution in [1.29, 1.82) is 0 Å². The Morgan fingerprint density at radius 2 is 2.00 bits per heavy atom. The third-order valence-corrected chi connectivity index (χ3v) is 4.08. The van der Waals surface area contributed by atoms with E-state index in [1.54, 1.807) is 24.7 Å². The summed E-state index contributed by atoms with van der Waals surface area (Å²) in [5, 5.41) is 2.82. The van der Waals surface area contributed by atoms with E-state index in [2.05, 4.69) is 26.2 Å². The zero-order chi connectivity index (χ0) is 16.9. The molecule has 0 aliphatic heterocycles. The minimum absolute atomic E-state index is 0.146. The molecule has 6 heteroatoms. The van der Waals surface area contributed by atoms with Crippen molar-refractivity contribution in [3.8, 4) is 5.69 Å². The fourth-order valence-electron chi connectivity index (χ4n) is 2.32. The number of benzene rings is 2. The Morgan fingerprint density at radius 1 is 1.21 bits per heavy atom. The lowest BCUT2D eigenvalue weighted by molar-refractivity contribution is -0.116. The highest BCUT2D eigenvalue weighted by atomic mass is 79.9. The van der Waals surface area contributed by atoms with Crippen LogP contribution in [0.25, 0.3) is 5.69 Å². The summed E-state index contributed by atoms with van der Waals surface area (Å²) in [4.78, 5) is 16.0. The van der Waals surface area contributed by atoms with Gasteiger partial charge in [-0.1, -0.05) is 22.0 Å². The molecule has 24 heavy (non-hydrogen) atoms. The van der Waals surface area contributed by atoms with E-state index in [0.29, 0.717) is 22.1 Å². The number of imidazole rings is 1. The summed E-state index contributed by atoms with van der Waals surface area (Å²) < 4.78 is 16.3. The molecule has 0 unspecified atom stereocenters. The molecule has 0 aliphatic carbocycles. The first-order chi connectivity index (χ1) is 11.6. The van der Waals surface area contributed by atoms with Crippen LogP contribution in [0.3, 0.4) is 0 Å². The van der Waals surface area contributed by atoms with Gasteiger partial charge in [0.25, 0.3) is 0 Å². The Kier molecular flexibility index (Phi) is 5.05. The number of nitrogens with zero attached hydrogens (tertiary/aromatic N) is 2. The van der Waals surface area contributed by atoms with Crippen molar-refractivity contribution in [3.63, 3.8) is 0 Å². The molecule has 3 aromatic rings. The summed E-state index contributed by atoms with van der Waals surface area (Å²) in [7, 11) is 0. The smallest absolute Gasteiger partial charge is 0.224 e. The second-order valence-corrected chi connectivity index (χ2v) is 6.22. The van der Waals surface area contributed by atoms with Crippen LogP contribution < -0.4 is 5.32 Å². The van der Waals surface area contributed by atoms with Gasteiger partial charge in [-0.2, -0.15) is 0 Å². The minimum Gasteiger partial charge on any atom is -0.326 e. The molecule has 0 fully saturated rings. The number of hydrogen-bond acceptors (Lipinski definition) is 2. The topological polar surface area (TPSA) is 46.9 Å². The second-order valence-electron chi connectivity index (χ2n) is 5.30. The normalized spacial score (nSPS) is 10.6. The summed E-state index contributed by atoms with van der Waals surface area (Å²) in [5.41, 5.74) is 2.20. The molecule has 4 nitrogen and oxygen atoms in total. The van der Waals surface area contributed by atoms with Gasteiger partial charge in [0.15, 0.2) is 0 Å². The van der Waals surface area contributed by atoms with E-state index >= 15 is 0 Å². The van der Waals surface area contributed by atoms with Gasteiger partial charge >= 0.3 is 0 Å². The maximum absolute atomic E-state index is 13.7. The Balaban J connectivity index is 1.56. The molecule has 0 atom stereocenters. The predicted molar refractivity (Wildman–Crippen MR) is 94.6 cm³/mol. The van der Waals surface area contributed by atoms with Gasteiger partial charge in [-0.05, 0) is 48.4 Å². The maximum atomic E-state index is 13.7. The average Bonchev–Trinajstić information content (AvgIpc) is 3.09. The third kappa shape index (κ3) is 4.08. The number of amides is 1. The van der Waals surface area contributed by atoms with Gasteiger partial charge in [0.2, 0.25) is 5.91 Å². The van der Waals surface area contributed by atoms with Crippen LogP contribution in [0.4, 0.5) is 10.1 Å². The Morgan fingerprint density at radius 3 is 2.67 bits per heavy atom. The van der Waals surface area contributed by atoms with Gasteiger partial charge in [0.05, 0.1) is 6.33 Å². The number of rotatable bonds is 5. The number of aromatic nitrogens is 2. The van der Waals surface area contributed by atoms with Crippen LogP contribution in [0.5, 0.6) is 0 Å². The van der Waals surface area contributed by atoms with Gasteiger partial charge < -0.3 is 9.88 Å². The first kappa shape index (κ1) is 16.4. The molecular weight excluding hydrogens is 373 g/mol. The van der Waals surface area contributed by atoms with E-state index in [4.69, 9.17) is 0 Å². The van der Waals surface area contributed by atoms with Crippen LogP contribution in [0.15, 0.2) is 65.7 Å². The fourth-order valence-corrected chi connectivity index (χ4v) is 2.66. The van der Waals surface area contributed by atoms with E-state index in [1.165, 1.54) is 6.07 Å². The predicted octanol–water partition coefficient (Wildman–Crippen LogP) is 4.35. The molecular formula is C18H15BrFN3O. The Bertz CT molecular complexity index is 832. The summed E-state index contributed by atoms with van der Waals surface area (Å²) in [6.45, 7) is 0. The molecule has 1 N–H and O–H groups in total. The zero-order valence-corrected chi connectivity index (χ0v) is 14.3. The van der Waals surface area contributed by atoms with Gasteiger partial charge in [-0.25, -0.2) is 9.37 Å². The van der Waals surface area contributed by atoms with Crippen LogP contribution >= 0.6 is 15.9 Å². The van der Waals surface area contributed by atoms with Gasteiger partial charge in [-0.3, -0.25) is 4.79 Å². The molecule has 0 saturated heterocycles. The standard InChI is InChI=1S/C18H15BrFN3O/c19-14-3-1-13(17(20)11-14)2-8-18(24)22-15-4-6-16(7-5-15)23-10-9-21-12-23/h1,3-7,9-12H,2,8H2,(H,22,24). The molecule has 0 spiro atoms.